The van der Waals surface area contributed by atoms with Gasteiger partial charge in [-0.15, -0.1) is 0 Å². The SMILES string of the molecule is Cc1ccn2c(=O)cc(C[NH2+]C[C@@H](c3ccc(F)cc3)[NH+]3CCOCC3)nc2c1. The predicted octanol–water partition coefficient (Wildman–Crippen LogP) is -0.138. The summed E-state index contributed by atoms with van der Waals surface area (Å²) in [6, 6.07) is 12.5. The van der Waals surface area contributed by atoms with Gasteiger partial charge in [0.15, 0.2) is 6.04 Å². The number of ether oxygens (including phenoxy) is 1. The monoisotopic (exact) mass is 398 g/mol. The Morgan fingerprint density at radius 3 is 2.72 bits per heavy atom. The van der Waals surface area contributed by atoms with Gasteiger partial charge in [0.1, 0.15) is 43.3 Å². The highest BCUT2D eigenvalue weighted by molar-refractivity contribution is 5.41. The van der Waals surface area contributed by atoms with Crippen molar-refractivity contribution in [1.82, 2.24) is 9.38 Å². The maximum absolute atomic E-state index is 13.4. The fourth-order valence-corrected chi connectivity index (χ4v) is 3.97. The number of hydrogen-bond acceptors (Lipinski definition) is 3. The summed E-state index contributed by atoms with van der Waals surface area (Å²) in [6.45, 7) is 6.81. The van der Waals surface area contributed by atoms with Crippen molar-refractivity contribution < 1.29 is 19.3 Å². The fourth-order valence-electron chi connectivity index (χ4n) is 3.97. The van der Waals surface area contributed by atoms with Crippen molar-refractivity contribution in [2.24, 2.45) is 0 Å². The smallest absolute Gasteiger partial charge is 0.258 e. The molecule has 1 saturated heterocycles. The van der Waals surface area contributed by atoms with Gasteiger partial charge < -0.3 is 15.0 Å². The molecular formula is C22H27FN4O2+2. The predicted molar refractivity (Wildman–Crippen MR) is 107 cm³/mol. The molecule has 3 aromatic rings. The van der Waals surface area contributed by atoms with Gasteiger partial charge in [0, 0.05) is 17.8 Å². The second-order valence-electron chi connectivity index (χ2n) is 7.62. The van der Waals surface area contributed by atoms with Crippen molar-refractivity contribution >= 4 is 5.65 Å². The highest BCUT2D eigenvalue weighted by atomic mass is 19.1. The fraction of sp³-hybridized carbons (Fsp3) is 0.364. The summed E-state index contributed by atoms with van der Waals surface area (Å²) in [4.78, 5) is 18.5. The van der Waals surface area contributed by atoms with E-state index in [1.54, 1.807) is 16.7 Å². The Labute approximate surface area is 169 Å². The first-order valence-corrected chi connectivity index (χ1v) is 10.1. The number of quaternary nitrogens is 2. The van der Waals surface area contributed by atoms with Crippen molar-refractivity contribution in [3.63, 3.8) is 0 Å². The minimum atomic E-state index is -0.218. The molecule has 3 N–H and O–H groups in total. The molecule has 1 fully saturated rings. The molecule has 4 rings (SSSR count). The molecule has 7 heteroatoms. The van der Waals surface area contributed by atoms with Crippen molar-refractivity contribution in [3.8, 4) is 0 Å². The first-order chi connectivity index (χ1) is 14.1. The highest BCUT2D eigenvalue weighted by Gasteiger charge is 2.28. The zero-order chi connectivity index (χ0) is 20.2. The van der Waals surface area contributed by atoms with E-state index in [0.717, 1.165) is 49.7 Å². The second-order valence-corrected chi connectivity index (χ2v) is 7.62. The van der Waals surface area contributed by atoms with Crippen molar-refractivity contribution in [2.75, 3.05) is 32.8 Å². The number of nitrogens with two attached hydrogens (primary N) is 1. The van der Waals surface area contributed by atoms with E-state index in [2.05, 4.69) is 10.3 Å². The van der Waals surface area contributed by atoms with Gasteiger partial charge in [0.2, 0.25) is 0 Å². The Bertz CT molecular complexity index is 1030. The third-order valence-electron chi connectivity index (χ3n) is 5.53. The molecule has 0 saturated carbocycles. The van der Waals surface area contributed by atoms with Crippen LogP contribution in [0.25, 0.3) is 5.65 Å². The van der Waals surface area contributed by atoms with Gasteiger partial charge in [-0.2, -0.15) is 0 Å². The molecule has 1 atom stereocenters. The van der Waals surface area contributed by atoms with Gasteiger partial charge in [-0.25, -0.2) is 9.37 Å². The molecule has 0 radical (unpaired) electrons. The van der Waals surface area contributed by atoms with Crippen molar-refractivity contribution in [2.45, 2.75) is 19.5 Å². The lowest BCUT2D eigenvalue weighted by Crippen LogP contribution is -3.16. The molecule has 0 amide bonds. The summed E-state index contributed by atoms with van der Waals surface area (Å²) in [7, 11) is 0. The molecule has 0 bridgehead atoms. The van der Waals surface area contributed by atoms with Crippen LogP contribution in [0.1, 0.15) is 22.9 Å². The van der Waals surface area contributed by atoms with Crippen LogP contribution in [0.15, 0.2) is 53.5 Å². The molecule has 1 aliphatic heterocycles. The van der Waals surface area contributed by atoms with E-state index in [1.807, 2.05) is 31.2 Å². The quantitative estimate of drug-likeness (QED) is 0.608. The number of fused-ring (bicyclic) bond motifs is 1. The highest BCUT2D eigenvalue weighted by Crippen LogP contribution is 2.10. The molecular weight excluding hydrogens is 371 g/mol. The minimum Gasteiger partial charge on any atom is -0.370 e. The third-order valence-corrected chi connectivity index (χ3v) is 5.53. The zero-order valence-electron chi connectivity index (χ0n) is 16.6. The van der Waals surface area contributed by atoms with Crippen LogP contribution in [0.5, 0.6) is 0 Å². The van der Waals surface area contributed by atoms with Crippen LogP contribution in [0.4, 0.5) is 4.39 Å². The first kappa shape index (κ1) is 19.7. The summed E-state index contributed by atoms with van der Waals surface area (Å²) in [6.07, 6.45) is 1.76. The number of aryl methyl sites for hydroxylation is 1. The third kappa shape index (κ3) is 4.70. The Morgan fingerprint density at radius 2 is 1.97 bits per heavy atom. The molecule has 2 aromatic heterocycles. The van der Waals surface area contributed by atoms with Gasteiger partial charge in [0.05, 0.1) is 13.2 Å². The molecule has 0 spiro atoms. The van der Waals surface area contributed by atoms with Gasteiger partial charge in [-0.05, 0) is 48.9 Å². The Kier molecular flexibility index (Phi) is 5.99. The van der Waals surface area contributed by atoms with Gasteiger partial charge >= 0.3 is 0 Å². The first-order valence-electron chi connectivity index (χ1n) is 10.1. The molecule has 29 heavy (non-hydrogen) atoms. The topological polar surface area (TPSA) is 64.7 Å². The molecule has 0 unspecified atom stereocenters. The van der Waals surface area contributed by atoms with Crippen LogP contribution in [0.2, 0.25) is 0 Å². The van der Waals surface area contributed by atoms with Crippen molar-refractivity contribution in [1.29, 1.82) is 0 Å². The summed E-state index contributed by atoms with van der Waals surface area (Å²) in [5, 5.41) is 2.19. The lowest BCUT2D eigenvalue weighted by Gasteiger charge is -2.30. The van der Waals surface area contributed by atoms with E-state index in [1.165, 1.54) is 17.0 Å². The molecule has 1 aliphatic rings. The van der Waals surface area contributed by atoms with E-state index in [9.17, 15) is 9.18 Å². The summed E-state index contributed by atoms with van der Waals surface area (Å²) in [5.74, 6) is -0.218. The summed E-state index contributed by atoms with van der Waals surface area (Å²) < 4.78 is 20.5. The van der Waals surface area contributed by atoms with E-state index in [4.69, 9.17) is 4.74 Å². The number of rotatable bonds is 6. The number of pyridine rings is 1. The maximum atomic E-state index is 13.4. The normalized spacial score (nSPS) is 16.2. The number of nitrogens with one attached hydrogen (secondary N) is 1. The van der Waals surface area contributed by atoms with E-state index < -0.39 is 0 Å². The molecule has 152 valence electrons. The average Bonchev–Trinajstić information content (AvgIpc) is 2.72. The van der Waals surface area contributed by atoms with Crippen LogP contribution in [-0.4, -0.2) is 42.2 Å². The number of hydrogen-bond donors (Lipinski definition) is 2. The average molecular weight is 398 g/mol. The molecule has 3 heterocycles. The number of aromatic nitrogens is 2. The van der Waals surface area contributed by atoms with E-state index in [0.29, 0.717) is 12.2 Å². The largest absolute Gasteiger partial charge is 0.370 e. The lowest BCUT2D eigenvalue weighted by atomic mass is 10.0. The van der Waals surface area contributed by atoms with Gasteiger partial charge in [-0.3, -0.25) is 9.20 Å². The molecule has 1 aromatic carbocycles. The number of benzene rings is 1. The molecule has 0 aliphatic carbocycles. The van der Waals surface area contributed by atoms with Crippen LogP contribution >= 0.6 is 0 Å². The minimum absolute atomic E-state index is 0.0627. The van der Waals surface area contributed by atoms with Crippen molar-refractivity contribution in [3.05, 3.63) is 81.7 Å². The molecule has 6 nitrogen and oxygen atoms in total. The van der Waals surface area contributed by atoms with Crippen LogP contribution in [-0.2, 0) is 11.3 Å². The van der Waals surface area contributed by atoms with Crippen LogP contribution in [0, 0.1) is 12.7 Å². The van der Waals surface area contributed by atoms with E-state index in [-0.39, 0.29) is 17.4 Å². The number of nitrogens with zero attached hydrogens (tertiary/aromatic N) is 2. The standard InChI is InChI=1S/C22H25FN4O2/c1-16-6-7-27-21(12-16)25-19(13-22(27)28)14-24-15-20(26-8-10-29-11-9-26)17-2-4-18(23)5-3-17/h2-7,12-13,20,24H,8-11,14-15H2,1H3/p+2/t20-/m0/s1. The van der Waals surface area contributed by atoms with Gasteiger partial charge in [-0.1, -0.05) is 0 Å². The van der Waals surface area contributed by atoms with E-state index >= 15 is 0 Å². The second kappa shape index (κ2) is 8.82. The zero-order valence-corrected chi connectivity index (χ0v) is 16.6. The number of morpholine rings is 1. The Morgan fingerprint density at radius 1 is 1.21 bits per heavy atom. The maximum Gasteiger partial charge on any atom is 0.258 e. The van der Waals surface area contributed by atoms with Gasteiger partial charge in [0.25, 0.3) is 5.56 Å². The summed E-state index contributed by atoms with van der Waals surface area (Å²) >= 11 is 0. The summed E-state index contributed by atoms with van der Waals surface area (Å²) in [5.41, 5.74) is 3.59. The number of halogens is 1. The van der Waals surface area contributed by atoms with Crippen LogP contribution < -0.4 is 15.8 Å². The Balaban J connectivity index is 1.49. The van der Waals surface area contributed by atoms with Crippen LogP contribution in [0.3, 0.4) is 0 Å². The Hall–Kier alpha value is -2.61. The lowest BCUT2D eigenvalue weighted by molar-refractivity contribution is -0.952.